The van der Waals surface area contributed by atoms with Crippen molar-refractivity contribution in [3.8, 4) is 11.3 Å². The Hall–Kier alpha value is -2.32. The first-order valence-electron chi connectivity index (χ1n) is 8.92. The van der Waals surface area contributed by atoms with Crippen molar-refractivity contribution in [3.05, 3.63) is 51.5 Å². The predicted octanol–water partition coefficient (Wildman–Crippen LogP) is 3.88. The van der Waals surface area contributed by atoms with Crippen molar-refractivity contribution in [2.75, 3.05) is 13.1 Å². The van der Waals surface area contributed by atoms with Crippen LogP contribution < -0.4 is 5.73 Å². The fraction of sp³-hybridized carbons (Fsp3) is 0.250. The number of piperidine rings is 1. The van der Waals surface area contributed by atoms with E-state index in [1.165, 1.54) is 11.8 Å². The minimum Gasteiger partial charge on any atom is -0.457 e. The number of hydrogen-bond donors (Lipinski definition) is 1. The molecule has 1 aromatic heterocycles. The molecule has 2 N–H and O–H groups in total. The molecule has 2 amide bonds. The molecular weight excluding hydrogens is 442 g/mol. The number of nitrogens with zero attached hydrogens (tertiary/aromatic N) is 2. The fourth-order valence-corrected chi connectivity index (χ4v) is 4.59. The summed E-state index contributed by atoms with van der Waals surface area (Å²) in [5.74, 6) is 0.732. The van der Waals surface area contributed by atoms with Crippen molar-refractivity contribution < 1.29 is 14.0 Å². The lowest BCUT2D eigenvalue weighted by molar-refractivity contribution is -0.123. The minimum atomic E-state index is -0.266. The second kappa shape index (κ2) is 7.97. The molecule has 4 rings (SSSR count). The molecule has 28 heavy (non-hydrogen) atoms. The van der Waals surface area contributed by atoms with Crippen LogP contribution in [-0.2, 0) is 9.59 Å². The van der Waals surface area contributed by atoms with Crippen LogP contribution in [0.5, 0.6) is 0 Å². The number of halogens is 1. The zero-order valence-corrected chi connectivity index (χ0v) is 17.3. The number of primary amides is 1. The van der Waals surface area contributed by atoms with E-state index in [9.17, 15) is 9.59 Å². The van der Waals surface area contributed by atoms with Crippen molar-refractivity contribution in [1.82, 2.24) is 4.90 Å². The molecule has 3 heterocycles. The van der Waals surface area contributed by atoms with E-state index in [2.05, 4.69) is 20.9 Å². The molecule has 0 saturated carbocycles. The normalized spacial score (nSPS) is 19.3. The molecule has 0 unspecified atom stereocenters. The number of nitrogens with two attached hydrogens (primary N) is 1. The van der Waals surface area contributed by atoms with Gasteiger partial charge < -0.3 is 15.1 Å². The van der Waals surface area contributed by atoms with Crippen LogP contribution in [0.1, 0.15) is 18.6 Å². The highest BCUT2D eigenvalue weighted by Gasteiger charge is 2.30. The maximum atomic E-state index is 12.3. The van der Waals surface area contributed by atoms with Crippen molar-refractivity contribution >= 4 is 50.7 Å². The summed E-state index contributed by atoms with van der Waals surface area (Å²) in [5.41, 5.74) is 6.34. The van der Waals surface area contributed by atoms with Crippen LogP contribution in [0.25, 0.3) is 17.4 Å². The van der Waals surface area contributed by atoms with Gasteiger partial charge in [-0.1, -0.05) is 28.1 Å². The SMILES string of the molecule is NC(=O)C1CCN(C2=NC(=O)/C(=C/c3ccc(-c4cccc(Br)c4)o3)S2)CC1. The van der Waals surface area contributed by atoms with Gasteiger partial charge in [-0.25, -0.2) is 0 Å². The molecule has 2 aromatic rings. The molecule has 0 atom stereocenters. The van der Waals surface area contributed by atoms with E-state index in [0.717, 1.165) is 15.8 Å². The van der Waals surface area contributed by atoms with E-state index < -0.39 is 0 Å². The topological polar surface area (TPSA) is 88.9 Å². The van der Waals surface area contributed by atoms with Gasteiger partial charge >= 0.3 is 0 Å². The standard InChI is InChI=1S/C20H18BrN3O3S/c21-14-3-1-2-13(10-14)16-5-4-15(27-16)11-17-19(26)23-20(28-17)24-8-6-12(7-9-24)18(22)25/h1-5,10-12H,6-9H2,(H2,22,25)/b17-11-. The van der Waals surface area contributed by atoms with Crippen molar-refractivity contribution in [2.45, 2.75) is 12.8 Å². The Labute approximate surface area is 175 Å². The number of aliphatic imine (C=N–C) groups is 1. The Balaban J connectivity index is 1.45. The number of thioether (sulfide) groups is 1. The van der Waals surface area contributed by atoms with Crippen LogP contribution in [-0.4, -0.2) is 35.0 Å². The molecule has 144 valence electrons. The van der Waals surface area contributed by atoms with Gasteiger partial charge in [0.25, 0.3) is 5.91 Å². The zero-order chi connectivity index (χ0) is 19.7. The highest BCUT2D eigenvalue weighted by molar-refractivity contribution is 9.10. The lowest BCUT2D eigenvalue weighted by Gasteiger charge is -2.31. The Morgan fingerprint density at radius 3 is 2.79 bits per heavy atom. The number of benzene rings is 1. The van der Waals surface area contributed by atoms with Gasteiger partial charge in [0.2, 0.25) is 5.91 Å². The predicted molar refractivity (Wildman–Crippen MR) is 113 cm³/mol. The lowest BCUT2D eigenvalue weighted by Crippen LogP contribution is -2.40. The Kier molecular flexibility index (Phi) is 5.41. The third-order valence-electron chi connectivity index (χ3n) is 4.79. The number of carbonyl (C=O) groups is 2. The Morgan fingerprint density at radius 1 is 1.29 bits per heavy atom. The zero-order valence-electron chi connectivity index (χ0n) is 14.9. The van der Waals surface area contributed by atoms with Gasteiger partial charge in [-0.05, 0) is 48.9 Å². The second-order valence-electron chi connectivity index (χ2n) is 6.69. The van der Waals surface area contributed by atoms with Gasteiger partial charge in [0.1, 0.15) is 11.5 Å². The summed E-state index contributed by atoms with van der Waals surface area (Å²) in [4.78, 5) is 30.3. The molecule has 0 radical (unpaired) electrons. The van der Waals surface area contributed by atoms with Crippen LogP contribution >= 0.6 is 27.7 Å². The molecule has 6 nitrogen and oxygen atoms in total. The second-order valence-corrected chi connectivity index (χ2v) is 8.61. The van der Waals surface area contributed by atoms with E-state index in [4.69, 9.17) is 10.2 Å². The number of carbonyl (C=O) groups excluding carboxylic acids is 2. The number of furan rings is 1. The number of amides is 2. The first-order valence-corrected chi connectivity index (χ1v) is 10.5. The lowest BCUT2D eigenvalue weighted by atomic mass is 9.97. The molecule has 0 spiro atoms. The van der Waals surface area contributed by atoms with Crippen LogP contribution in [0, 0.1) is 5.92 Å². The largest absolute Gasteiger partial charge is 0.457 e. The molecule has 1 fully saturated rings. The van der Waals surface area contributed by atoms with Crippen LogP contribution in [0.3, 0.4) is 0 Å². The van der Waals surface area contributed by atoms with E-state index >= 15 is 0 Å². The molecule has 0 bridgehead atoms. The first-order chi connectivity index (χ1) is 13.5. The van der Waals surface area contributed by atoms with Crippen molar-refractivity contribution in [1.29, 1.82) is 0 Å². The van der Waals surface area contributed by atoms with Gasteiger partial charge in [-0.2, -0.15) is 4.99 Å². The summed E-state index contributed by atoms with van der Waals surface area (Å²) < 4.78 is 6.85. The maximum Gasteiger partial charge on any atom is 0.286 e. The maximum absolute atomic E-state index is 12.3. The summed E-state index contributed by atoms with van der Waals surface area (Å²) in [6, 6.07) is 11.6. The molecule has 0 aliphatic carbocycles. The summed E-state index contributed by atoms with van der Waals surface area (Å²) in [6.45, 7) is 1.35. The van der Waals surface area contributed by atoms with Crippen LogP contribution in [0.15, 0.2) is 55.2 Å². The summed E-state index contributed by atoms with van der Waals surface area (Å²) >= 11 is 4.80. The van der Waals surface area contributed by atoms with Gasteiger partial charge in [-0.3, -0.25) is 9.59 Å². The molecule has 2 aliphatic heterocycles. The van der Waals surface area contributed by atoms with Gasteiger partial charge in [0.05, 0.1) is 4.91 Å². The van der Waals surface area contributed by atoms with Crippen molar-refractivity contribution in [2.24, 2.45) is 16.6 Å². The van der Waals surface area contributed by atoms with Gasteiger partial charge in [-0.15, -0.1) is 0 Å². The average Bonchev–Trinajstić information content (AvgIpc) is 3.29. The summed E-state index contributed by atoms with van der Waals surface area (Å²) in [5, 5.41) is 0.679. The minimum absolute atomic E-state index is 0.0893. The number of amidine groups is 1. The number of hydrogen-bond acceptors (Lipinski definition) is 5. The quantitative estimate of drug-likeness (QED) is 0.703. The van der Waals surface area contributed by atoms with Crippen LogP contribution in [0.2, 0.25) is 0 Å². The van der Waals surface area contributed by atoms with Crippen molar-refractivity contribution in [3.63, 3.8) is 0 Å². The number of rotatable bonds is 3. The Morgan fingerprint density at radius 2 is 2.07 bits per heavy atom. The van der Waals surface area contributed by atoms with Gasteiger partial charge in [0, 0.05) is 35.1 Å². The molecule has 2 aliphatic rings. The monoisotopic (exact) mass is 459 g/mol. The number of likely N-dealkylation sites (tertiary alicyclic amines) is 1. The highest BCUT2D eigenvalue weighted by atomic mass is 79.9. The van der Waals surface area contributed by atoms with E-state index in [1.807, 2.05) is 41.3 Å². The van der Waals surface area contributed by atoms with E-state index in [-0.39, 0.29) is 17.7 Å². The summed E-state index contributed by atoms with van der Waals surface area (Å²) in [7, 11) is 0. The molecule has 1 aromatic carbocycles. The third kappa shape index (κ3) is 4.07. The molecule has 8 heteroatoms. The van der Waals surface area contributed by atoms with E-state index in [1.54, 1.807) is 6.08 Å². The smallest absolute Gasteiger partial charge is 0.286 e. The summed E-state index contributed by atoms with van der Waals surface area (Å²) in [6.07, 6.45) is 3.10. The molecular formula is C20H18BrN3O3S. The average molecular weight is 460 g/mol. The fourth-order valence-electron chi connectivity index (χ4n) is 3.25. The van der Waals surface area contributed by atoms with Crippen LogP contribution in [0.4, 0.5) is 0 Å². The van der Waals surface area contributed by atoms with E-state index in [0.29, 0.717) is 41.8 Å². The molecule has 1 saturated heterocycles. The first kappa shape index (κ1) is 19.0. The van der Waals surface area contributed by atoms with Gasteiger partial charge in [0.15, 0.2) is 5.17 Å². The highest BCUT2D eigenvalue weighted by Crippen LogP contribution is 2.33. The third-order valence-corrected chi connectivity index (χ3v) is 6.32. The Bertz CT molecular complexity index is 990.